The highest BCUT2D eigenvalue weighted by Gasteiger charge is 2.44. The van der Waals surface area contributed by atoms with Gasteiger partial charge < -0.3 is 15.5 Å². The lowest BCUT2D eigenvalue weighted by atomic mass is 9.76. The molecule has 2 spiro atoms. The van der Waals surface area contributed by atoms with E-state index in [0.717, 1.165) is 48.2 Å². The van der Waals surface area contributed by atoms with Gasteiger partial charge in [0.15, 0.2) is 0 Å². The van der Waals surface area contributed by atoms with Gasteiger partial charge in [-0.1, -0.05) is 74.5 Å². The quantitative estimate of drug-likeness (QED) is 0.298. The second-order valence-corrected chi connectivity index (χ2v) is 12.3. The topological polar surface area (TPSA) is 39.7 Å². The Balaban J connectivity index is 0.000000149. The van der Waals surface area contributed by atoms with E-state index < -0.39 is 11.6 Å². The Bertz CT molecular complexity index is 1510. The molecule has 4 aliphatic rings. The number of rotatable bonds is 4. The average Bonchev–Trinajstić information content (AvgIpc) is 3.73. The minimum Gasteiger partial charge on any atom is -0.388 e. The number of allylic oxidation sites excluding steroid dienone is 1. The Morgan fingerprint density at radius 2 is 1.57 bits per heavy atom. The smallest absolute Gasteiger partial charge is 0.133 e. The van der Waals surface area contributed by atoms with Gasteiger partial charge in [0.25, 0.3) is 0 Å². The number of likely N-dealkylation sites (tertiary alicyclic amines) is 1. The fourth-order valence-corrected chi connectivity index (χ4v) is 7.04. The van der Waals surface area contributed by atoms with Gasteiger partial charge in [0.2, 0.25) is 0 Å². The van der Waals surface area contributed by atoms with E-state index in [-0.39, 0.29) is 5.54 Å². The molecule has 1 saturated carbocycles. The third kappa shape index (κ3) is 6.80. The molecule has 0 aromatic heterocycles. The molecule has 4 nitrogen and oxygen atoms in total. The second kappa shape index (κ2) is 13.6. The molecular formula is C38H44F2N4. The number of nitrogens with one attached hydrogen (secondary N) is 2. The zero-order valence-corrected chi connectivity index (χ0v) is 25.8. The largest absolute Gasteiger partial charge is 0.388 e. The molecule has 1 saturated heterocycles. The minimum absolute atomic E-state index is 0.222. The molecule has 2 aliphatic heterocycles. The molecule has 0 bridgehead atoms. The monoisotopic (exact) mass is 594 g/mol. The number of benzene rings is 3. The Morgan fingerprint density at radius 3 is 2.20 bits per heavy atom. The van der Waals surface area contributed by atoms with Crippen LogP contribution in [-0.2, 0) is 12.8 Å². The van der Waals surface area contributed by atoms with Crippen molar-refractivity contribution in [2.45, 2.75) is 56.9 Å². The van der Waals surface area contributed by atoms with Crippen LogP contribution in [0.25, 0.3) is 0 Å². The summed E-state index contributed by atoms with van der Waals surface area (Å²) in [6, 6.07) is 21.4. The zero-order valence-electron chi connectivity index (χ0n) is 25.8. The summed E-state index contributed by atoms with van der Waals surface area (Å²) >= 11 is 0. The Kier molecular flexibility index (Phi) is 9.68. The van der Waals surface area contributed by atoms with E-state index in [0.29, 0.717) is 5.41 Å². The van der Waals surface area contributed by atoms with Gasteiger partial charge in [-0.15, -0.1) is 6.58 Å². The van der Waals surface area contributed by atoms with Crippen molar-refractivity contribution in [3.05, 3.63) is 138 Å². The van der Waals surface area contributed by atoms with Gasteiger partial charge in [0.05, 0.1) is 0 Å². The van der Waals surface area contributed by atoms with Crippen molar-refractivity contribution in [3.8, 4) is 0 Å². The van der Waals surface area contributed by atoms with Crippen molar-refractivity contribution >= 4 is 11.5 Å². The van der Waals surface area contributed by atoms with Gasteiger partial charge in [0.1, 0.15) is 23.0 Å². The first-order chi connectivity index (χ1) is 21.3. The third-order valence-corrected chi connectivity index (χ3v) is 9.44. The van der Waals surface area contributed by atoms with E-state index in [9.17, 15) is 8.78 Å². The van der Waals surface area contributed by atoms with Crippen molar-refractivity contribution in [2.75, 3.05) is 25.5 Å². The van der Waals surface area contributed by atoms with Gasteiger partial charge in [-0.2, -0.15) is 0 Å². The molecule has 2 aliphatic carbocycles. The summed E-state index contributed by atoms with van der Waals surface area (Å²) in [5.74, 6) is -0.137. The minimum atomic E-state index is -0.537. The molecule has 2 heterocycles. The average molecular weight is 595 g/mol. The van der Waals surface area contributed by atoms with Crippen molar-refractivity contribution in [1.82, 2.24) is 10.2 Å². The molecular weight excluding hydrogens is 550 g/mol. The second-order valence-electron chi connectivity index (χ2n) is 12.3. The first-order valence-corrected chi connectivity index (χ1v) is 15.6. The summed E-state index contributed by atoms with van der Waals surface area (Å²) in [6.45, 7) is 14.6. The molecule has 3 aromatic rings. The van der Waals surface area contributed by atoms with Crippen LogP contribution in [0.1, 0.15) is 55.2 Å². The van der Waals surface area contributed by atoms with Crippen molar-refractivity contribution < 1.29 is 8.78 Å². The van der Waals surface area contributed by atoms with Crippen molar-refractivity contribution in [3.63, 3.8) is 0 Å². The Labute approximate surface area is 261 Å². The maximum Gasteiger partial charge on any atom is 0.133 e. The number of fused-ring (bicyclic) bond motifs is 1. The highest BCUT2D eigenvalue weighted by Crippen LogP contribution is 2.50. The molecule has 230 valence electrons. The SMILES string of the molecule is C=C1NC(c2ccccc2)=NC12Cc1ccc(NC)cc1C2.C=CCN1CCCC2(CCCC2)C1=C.Fc1cccc(F)c1. The summed E-state index contributed by atoms with van der Waals surface area (Å²) in [6.07, 6.45) is 12.1. The number of hydrogen-bond acceptors (Lipinski definition) is 4. The van der Waals surface area contributed by atoms with Crippen LogP contribution < -0.4 is 10.6 Å². The van der Waals surface area contributed by atoms with E-state index >= 15 is 0 Å². The van der Waals surface area contributed by atoms with Crippen LogP contribution in [0.5, 0.6) is 0 Å². The summed E-state index contributed by atoms with van der Waals surface area (Å²) in [7, 11) is 1.95. The molecule has 3 aromatic carbocycles. The summed E-state index contributed by atoms with van der Waals surface area (Å²) in [5, 5.41) is 6.61. The molecule has 44 heavy (non-hydrogen) atoms. The number of nitrogens with zero attached hydrogens (tertiary/aromatic N) is 2. The predicted molar refractivity (Wildman–Crippen MR) is 179 cm³/mol. The third-order valence-electron chi connectivity index (χ3n) is 9.44. The molecule has 1 unspecified atom stereocenters. The van der Waals surface area contributed by atoms with Crippen LogP contribution in [0.2, 0.25) is 0 Å². The number of halogens is 2. The zero-order chi connectivity index (χ0) is 31.2. The Morgan fingerprint density at radius 1 is 0.886 bits per heavy atom. The normalized spacial score (nSPS) is 21.1. The number of amidine groups is 1. The molecule has 2 fully saturated rings. The van der Waals surface area contributed by atoms with Gasteiger partial charge in [0, 0.05) is 67.1 Å². The van der Waals surface area contributed by atoms with E-state index in [1.54, 1.807) is 0 Å². The number of aliphatic imine (C=N–C) groups is 1. The molecule has 6 heteroatoms. The maximum absolute atomic E-state index is 11.9. The van der Waals surface area contributed by atoms with Crippen LogP contribution >= 0.6 is 0 Å². The molecule has 2 N–H and O–H groups in total. The van der Waals surface area contributed by atoms with Crippen molar-refractivity contribution in [2.24, 2.45) is 10.4 Å². The first kappa shape index (κ1) is 31.2. The molecule has 1 atom stereocenters. The van der Waals surface area contributed by atoms with Gasteiger partial charge in [-0.25, -0.2) is 8.78 Å². The maximum atomic E-state index is 11.9. The molecule has 0 radical (unpaired) electrons. The number of hydrogen-bond donors (Lipinski definition) is 2. The van der Waals surface area contributed by atoms with E-state index in [1.807, 2.05) is 31.3 Å². The number of anilines is 1. The lowest BCUT2D eigenvalue weighted by Crippen LogP contribution is -2.39. The van der Waals surface area contributed by atoms with Crippen molar-refractivity contribution in [1.29, 1.82) is 0 Å². The van der Waals surface area contributed by atoms with Crippen LogP contribution in [0.15, 0.2) is 115 Å². The van der Waals surface area contributed by atoms with E-state index in [2.05, 4.69) is 65.6 Å². The van der Waals surface area contributed by atoms with Crippen LogP contribution in [-0.4, -0.2) is 36.4 Å². The lowest BCUT2D eigenvalue weighted by molar-refractivity contribution is 0.171. The highest BCUT2D eigenvalue weighted by atomic mass is 19.1. The summed E-state index contributed by atoms with van der Waals surface area (Å²) in [5.41, 5.74) is 7.69. The Hall–Kier alpha value is -4.19. The van der Waals surface area contributed by atoms with Crippen LogP contribution in [0, 0.1) is 17.0 Å². The van der Waals surface area contributed by atoms with Crippen LogP contribution in [0.3, 0.4) is 0 Å². The van der Waals surface area contributed by atoms with Crippen LogP contribution in [0.4, 0.5) is 14.5 Å². The van der Waals surface area contributed by atoms with Gasteiger partial charge in [-0.3, -0.25) is 4.99 Å². The van der Waals surface area contributed by atoms with E-state index in [4.69, 9.17) is 4.99 Å². The lowest BCUT2D eigenvalue weighted by Gasteiger charge is -2.43. The first-order valence-electron chi connectivity index (χ1n) is 15.6. The standard InChI is InChI=1S/C19H19N3.C13H21N.C6H4F2/c1-13-19(22-18(21-13)14-6-4-3-5-7-14)11-15-8-9-17(20-2)10-16(15)12-19;1-3-10-14-11-6-9-13(12(14)2)7-4-5-8-13;7-5-2-1-3-6(8)4-5/h3-10,20H,1,11-12H2,2H3,(H,21,22);3H,1-2,4-11H2;1-4H. The predicted octanol–water partition coefficient (Wildman–Crippen LogP) is 8.44. The fourth-order valence-electron chi connectivity index (χ4n) is 7.04. The summed E-state index contributed by atoms with van der Waals surface area (Å²) < 4.78 is 23.9. The molecule has 0 amide bonds. The van der Waals surface area contributed by atoms with Gasteiger partial charge in [-0.05, 0) is 61.1 Å². The fraction of sp³-hybridized carbons (Fsp3) is 0.342. The van der Waals surface area contributed by atoms with Gasteiger partial charge >= 0.3 is 0 Å². The summed E-state index contributed by atoms with van der Waals surface area (Å²) in [4.78, 5) is 7.46. The van der Waals surface area contributed by atoms with E-state index in [1.165, 1.54) is 80.1 Å². The number of piperidine rings is 1. The molecule has 7 rings (SSSR count). The highest BCUT2D eigenvalue weighted by molar-refractivity contribution is 6.02.